The van der Waals surface area contributed by atoms with E-state index in [2.05, 4.69) is 43.0 Å². The lowest BCUT2D eigenvalue weighted by Crippen LogP contribution is -2.57. The van der Waals surface area contributed by atoms with Gasteiger partial charge in [0.25, 0.3) is 5.91 Å². The molecule has 1 unspecified atom stereocenters. The Hall–Kier alpha value is -2.70. The largest absolute Gasteiger partial charge is 0.336 e. The molecule has 0 aliphatic carbocycles. The summed E-state index contributed by atoms with van der Waals surface area (Å²) < 4.78 is 0. The van der Waals surface area contributed by atoms with Gasteiger partial charge in [0.15, 0.2) is 0 Å². The van der Waals surface area contributed by atoms with E-state index in [4.69, 9.17) is 5.21 Å². The van der Waals surface area contributed by atoms with Gasteiger partial charge in [-0.05, 0) is 43.5 Å². The summed E-state index contributed by atoms with van der Waals surface area (Å²) in [6.45, 7) is 6.65. The van der Waals surface area contributed by atoms with Gasteiger partial charge in [0.05, 0.1) is 0 Å². The predicted molar refractivity (Wildman–Crippen MR) is 112 cm³/mol. The number of hydrogen-bond donors (Lipinski definition) is 2. The number of hydrogen-bond acceptors (Lipinski definition) is 4. The van der Waals surface area contributed by atoms with Gasteiger partial charge in [-0.25, -0.2) is 5.48 Å². The highest BCUT2D eigenvalue weighted by Crippen LogP contribution is 2.21. The minimum absolute atomic E-state index is 0.0442. The molecule has 2 aromatic carbocycles. The van der Waals surface area contributed by atoms with E-state index in [1.165, 1.54) is 5.56 Å². The Morgan fingerprint density at radius 3 is 2.17 bits per heavy atom. The molecule has 2 aromatic rings. The summed E-state index contributed by atoms with van der Waals surface area (Å²) in [5, 5.41) is 8.56. The topological polar surface area (TPSA) is 72.9 Å². The zero-order valence-electron chi connectivity index (χ0n) is 17.0. The maximum atomic E-state index is 13.0. The number of rotatable bonds is 6. The monoisotopic (exact) mass is 395 g/mol. The number of aryl methyl sites for hydroxylation is 1. The summed E-state index contributed by atoms with van der Waals surface area (Å²) >= 11 is 0. The van der Waals surface area contributed by atoms with Crippen LogP contribution in [-0.2, 0) is 17.8 Å². The number of nitrogens with zero attached hydrogens (tertiary/aromatic N) is 2. The van der Waals surface area contributed by atoms with E-state index in [1.54, 1.807) is 5.48 Å². The summed E-state index contributed by atoms with van der Waals surface area (Å²) in [7, 11) is 0. The minimum atomic E-state index is -0.415. The molecule has 1 saturated heterocycles. The Morgan fingerprint density at radius 1 is 0.966 bits per heavy atom. The van der Waals surface area contributed by atoms with E-state index < -0.39 is 5.91 Å². The van der Waals surface area contributed by atoms with Crippen molar-refractivity contribution in [1.29, 1.82) is 0 Å². The molecule has 6 heteroatoms. The van der Waals surface area contributed by atoms with Crippen molar-refractivity contribution in [3.63, 3.8) is 0 Å². The number of nitrogens with one attached hydrogen (secondary N) is 1. The lowest BCUT2D eigenvalue weighted by atomic mass is 10.0. The quantitative estimate of drug-likeness (QED) is 0.583. The summed E-state index contributed by atoms with van der Waals surface area (Å²) in [6.07, 6.45) is 0.731. The molecule has 6 nitrogen and oxygen atoms in total. The fourth-order valence-electron chi connectivity index (χ4n) is 3.94. The second-order valence-electron chi connectivity index (χ2n) is 7.80. The van der Waals surface area contributed by atoms with Crippen LogP contribution in [0.15, 0.2) is 54.6 Å². The van der Waals surface area contributed by atoms with Gasteiger partial charge in [0.1, 0.15) is 0 Å². The number of amides is 2. The van der Waals surface area contributed by atoms with Crippen molar-refractivity contribution in [3.8, 4) is 0 Å². The standard InChI is InChI=1S/C23H29N3O3/c1-17-14-25(15-18(2)26(17)16-20-6-4-3-5-7-20)23(28)21-11-8-19(9-12-21)10-13-22(27)24-29/h3-9,11-12,17-18,29H,10,13-16H2,1-2H3,(H,24,27)/t17-,18?/m1/s1. The van der Waals surface area contributed by atoms with Crippen molar-refractivity contribution in [3.05, 3.63) is 71.3 Å². The Morgan fingerprint density at radius 2 is 1.59 bits per heavy atom. The summed E-state index contributed by atoms with van der Waals surface area (Å²) in [4.78, 5) is 28.5. The molecular formula is C23H29N3O3. The van der Waals surface area contributed by atoms with Crippen molar-refractivity contribution < 1.29 is 14.8 Å². The first-order chi connectivity index (χ1) is 14.0. The molecule has 0 spiro atoms. The predicted octanol–water partition coefficient (Wildman–Crippen LogP) is 2.86. The first kappa shape index (κ1) is 21.0. The third-order valence-electron chi connectivity index (χ3n) is 5.56. The average molecular weight is 396 g/mol. The van der Waals surface area contributed by atoms with Gasteiger partial charge in [-0.15, -0.1) is 0 Å². The molecule has 0 radical (unpaired) electrons. The highest BCUT2D eigenvalue weighted by Gasteiger charge is 2.32. The lowest BCUT2D eigenvalue weighted by Gasteiger charge is -2.44. The molecule has 0 aromatic heterocycles. The Bertz CT molecular complexity index is 811. The molecular weight excluding hydrogens is 366 g/mol. The first-order valence-electron chi connectivity index (χ1n) is 10.1. The van der Waals surface area contributed by atoms with Gasteiger partial charge in [-0.3, -0.25) is 19.7 Å². The van der Waals surface area contributed by atoms with Gasteiger partial charge in [-0.1, -0.05) is 42.5 Å². The third-order valence-corrected chi connectivity index (χ3v) is 5.56. The number of carbonyl (C=O) groups is 2. The van der Waals surface area contributed by atoms with E-state index >= 15 is 0 Å². The first-order valence-corrected chi connectivity index (χ1v) is 10.1. The van der Waals surface area contributed by atoms with E-state index in [9.17, 15) is 9.59 Å². The number of hydroxylamine groups is 1. The number of carbonyl (C=O) groups excluding carboxylic acids is 2. The molecule has 1 aliphatic rings. The normalized spacial score (nSPS) is 19.8. The molecule has 0 bridgehead atoms. The Kier molecular flexibility index (Phi) is 7.01. The van der Waals surface area contributed by atoms with Gasteiger partial charge in [0, 0.05) is 43.7 Å². The van der Waals surface area contributed by atoms with Crippen molar-refractivity contribution in [2.45, 2.75) is 45.3 Å². The van der Waals surface area contributed by atoms with E-state index in [-0.39, 0.29) is 24.4 Å². The van der Waals surface area contributed by atoms with Crippen LogP contribution in [0.2, 0.25) is 0 Å². The van der Waals surface area contributed by atoms with Crippen LogP contribution < -0.4 is 5.48 Å². The minimum Gasteiger partial charge on any atom is -0.336 e. The van der Waals surface area contributed by atoms with E-state index in [0.717, 1.165) is 12.1 Å². The second kappa shape index (κ2) is 9.67. The maximum absolute atomic E-state index is 13.0. The number of benzene rings is 2. The van der Waals surface area contributed by atoms with E-state index in [1.807, 2.05) is 35.2 Å². The van der Waals surface area contributed by atoms with Crippen molar-refractivity contribution >= 4 is 11.8 Å². The molecule has 1 fully saturated rings. The summed E-state index contributed by atoms with van der Waals surface area (Å²) in [5.74, 6) is -0.371. The van der Waals surface area contributed by atoms with Crippen molar-refractivity contribution in [1.82, 2.24) is 15.3 Å². The SMILES string of the molecule is CC1CN(C(=O)c2ccc(CCC(=O)NO)cc2)C[C@@H](C)N1Cc1ccccc1. The van der Waals surface area contributed by atoms with Crippen LogP contribution in [0.1, 0.15) is 41.8 Å². The van der Waals surface area contributed by atoms with Crippen LogP contribution in [0.4, 0.5) is 0 Å². The molecule has 3 rings (SSSR count). The summed E-state index contributed by atoms with van der Waals surface area (Å²) in [5.41, 5.74) is 4.54. The molecule has 29 heavy (non-hydrogen) atoms. The highest BCUT2D eigenvalue weighted by atomic mass is 16.5. The zero-order chi connectivity index (χ0) is 20.8. The summed E-state index contributed by atoms with van der Waals surface area (Å²) in [6, 6.07) is 18.4. The van der Waals surface area contributed by atoms with E-state index in [0.29, 0.717) is 25.1 Å². The van der Waals surface area contributed by atoms with Crippen molar-refractivity contribution in [2.75, 3.05) is 13.1 Å². The highest BCUT2D eigenvalue weighted by molar-refractivity contribution is 5.94. The van der Waals surface area contributed by atoms with Gasteiger partial charge in [-0.2, -0.15) is 0 Å². The lowest BCUT2D eigenvalue weighted by molar-refractivity contribution is -0.129. The molecule has 1 aliphatic heterocycles. The van der Waals surface area contributed by atoms with Gasteiger partial charge < -0.3 is 4.90 Å². The molecule has 2 atom stereocenters. The molecule has 1 heterocycles. The van der Waals surface area contributed by atoms with Crippen LogP contribution in [-0.4, -0.2) is 52.0 Å². The number of piperazine rings is 1. The third kappa shape index (κ3) is 5.43. The second-order valence-corrected chi connectivity index (χ2v) is 7.80. The van der Waals surface area contributed by atoms with Crippen LogP contribution >= 0.6 is 0 Å². The molecule has 0 saturated carbocycles. The Labute approximate surface area is 172 Å². The zero-order valence-corrected chi connectivity index (χ0v) is 17.0. The van der Waals surface area contributed by atoms with Crippen LogP contribution in [0.5, 0.6) is 0 Å². The fraction of sp³-hybridized carbons (Fsp3) is 0.391. The molecule has 2 amide bonds. The smallest absolute Gasteiger partial charge is 0.253 e. The van der Waals surface area contributed by atoms with Crippen LogP contribution in [0.25, 0.3) is 0 Å². The average Bonchev–Trinajstić information content (AvgIpc) is 2.75. The van der Waals surface area contributed by atoms with Crippen molar-refractivity contribution in [2.24, 2.45) is 0 Å². The molecule has 2 N–H and O–H groups in total. The maximum Gasteiger partial charge on any atom is 0.253 e. The fourth-order valence-corrected chi connectivity index (χ4v) is 3.94. The molecule has 154 valence electrons. The van der Waals surface area contributed by atoms with Gasteiger partial charge >= 0.3 is 0 Å². The van der Waals surface area contributed by atoms with Crippen LogP contribution in [0.3, 0.4) is 0 Å². The Balaban J connectivity index is 1.60. The van der Waals surface area contributed by atoms with Crippen LogP contribution in [0, 0.1) is 0 Å². The van der Waals surface area contributed by atoms with Gasteiger partial charge in [0.2, 0.25) is 5.91 Å².